The zero-order valence-electron chi connectivity index (χ0n) is 3.87. The van der Waals surface area contributed by atoms with Crippen LogP contribution in [0.15, 0.2) is 5.10 Å². The van der Waals surface area contributed by atoms with E-state index >= 15 is 0 Å². The summed E-state index contributed by atoms with van der Waals surface area (Å²) >= 11 is 0. The van der Waals surface area contributed by atoms with Gasteiger partial charge in [0.05, 0.1) is 0 Å². The fourth-order valence-corrected chi connectivity index (χ4v) is 0.356. The van der Waals surface area contributed by atoms with Crippen molar-refractivity contribution in [2.45, 2.75) is 6.04 Å². The van der Waals surface area contributed by atoms with Crippen LogP contribution < -0.4 is 5.43 Å². The summed E-state index contributed by atoms with van der Waals surface area (Å²) in [7, 11) is 0. The Hall–Kier alpha value is -1.13. The second kappa shape index (κ2) is 1.77. The maximum absolute atomic E-state index is 9.81. The lowest BCUT2D eigenvalue weighted by Crippen LogP contribution is -2.20. The number of nitrogens with one attached hydrogen (secondary N) is 1. The first-order valence-corrected chi connectivity index (χ1v) is 1.98. The Balaban J connectivity index is 2.48. The van der Waals surface area contributed by atoms with Gasteiger partial charge in [0, 0.05) is 4.92 Å². The van der Waals surface area contributed by atoms with E-state index in [9.17, 15) is 10.1 Å². The van der Waals surface area contributed by atoms with Crippen LogP contribution in [-0.2, 0) is 0 Å². The van der Waals surface area contributed by atoms with E-state index in [0.717, 1.165) is 0 Å². The number of hydrogen-bond acceptors (Lipinski definition) is 4. The zero-order chi connectivity index (χ0) is 5.98. The Morgan fingerprint density at radius 1 is 2.00 bits per heavy atom. The maximum atomic E-state index is 9.81. The van der Waals surface area contributed by atoms with Crippen LogP contribution in [0.5, 0.6) is 0 Å². The van der Waals surface area contributed by atoms with Crippen molar-refractivity contribution in [1.29, 1.82) is 0 Å². The fraction of sp³-hybridized carbons (Fsp3) is 0.333. The van der Waals surface area contributed by atoms with E-state index in [1.165, 1.54) is 6.21 Å². The minimum Gasteiger partial charge on any atom is -0.291 e. The molecule has 0 amide bonds. The molecular weight excluding hydrogens is 110 g/mol. The summed E-state index contributed by atoms with van der Waals surface area (Å²) in [6.45, 7) is 2.28. The molecule has 1 aliphatic heterocycles. The van der Waals surface area contributed by atoms with Gasteiger partial charge in [-0.3, -0.25) is 15.5 Å². The highest BCUT2D eigenvalue weighted by atomic mass is 16.6. The van der Waals surface area contributed by atoms with Crippen LogP contribution in [0, 0.1) is 16.7 Å². The summed E-state index contributed by atoms with van der Waals surface area (Å²) in [6.07, 6.45) is 1.18. The summed E-state index contributed by atoms with van der Waals surface area (Å²) < 4.78 is 0. The molecule has 0 aromatic carbocycles. The van der Waals surface area contributed by atoms with Crippen LogP contribution in [0.2, 0.25) is 0 Å². The first-order chi connectivity index (χ1) is 3.80. The van der Waals surface area contributed by atoms with Crippen molar-refractivity contribution >= 4 is 6.21 Å². The minimum atomic E-state index is -0.866. The van der Waals surface area contributed by atoms with E-state index in [2.05, 4.69) is 17.1 Å². The van der Waals surface area contributed by atoms with Crippen LogP contribution in [0.25, 0.3) is 0 Å². The van der Waals surface area contributed by atoms with Gasteiger partial charge in [-0.15, -0.1) is 0 Å². The van der Waals surface area contributed by atoms with Crippen molar-refractivity contribution in [3.8, 4) is 0 Å². The average molecular weight is 113 g/mol. The molecule has 0 fully saturated rings. The molecule has 0 saturated carbocycles. The highest BCUT2D eigenvalue weighted by Crippen LogP contribution is 1.93. The Labute approximate surface area is 45.5 Å². The highest BCUT2D eigenvalue weighted by Gasteiger charge is 2.21. The second-order valence-corrected chi connectivity index (χ2v) is 1.26. The summed E-state index contributed by atoms with van der Waals surface area (Å²) in [5.41, 5.74) is 2.23. The van der Waals surface area contributed by atoms with Gasteiger partial charge in [0.15, 0.2) is 6.54 Å². The van der Waals surface area contributed by atoms with Crippen molar-refractivity contribution in [3.63, 3.8) is 0 Å². The number of hydrogen-bond donors (Lipinski definition) is 1. The molecule has 1 atom stereocenters. The molecule has 5 heteroatoms. The lowest BCUT2D eigenvalue weighted by Gasteiger charge is -1.90. The SMILES string of the molecule is O=[N+]([O-])C1[C]NN=C1. The van der Waals surface area contributed by atoms with Crippen LogP contribution >= 0.6 is 0 Å². The monoisotopic (exact) mass is 113 g/mol. The van der Waals surface area contributed by atoms with E-state index in [1.807, 2.05) is 0 Å². The molecule has 0 bridgehead atoms. The predicted molar refractivity (Wildman–Crippen MR) is 25.7 cm³/mol. The van der Waals surface area contributed by atoms with Gasteiger partial charge in [0.1, 0.15) is 6.21 Å². The van der Waals surface area contributed by atoms with Crippen LogP contribution in [0.4, 0.5) is 0 Å². The van der Waals surface area contributed by atoms with Gasteiger partial charge in [-0.1, -0.05) is 0 Å². The third-order valence-electron chi connectivity index (χ3n) is 0.720. The molecule has 0 spiro atoms. The second-order valence-electron chi connectivity index (χ2n) is 1.26. The molecule has 1 N–H and O–H groups in total. The Morgan fingerprint density at radius 2 is 2.75 bits per heavy atom. The quantitative estimate of drug-likeness (QED) is 0.359. The molecule has 8 heavy (non-hydrogen) atoms. The molecule has 1 heterocycles. The lowest BCUT2D eigenvalue weighted by atomic mass is 10.4. The first kappa shape index (κ1) is 5.02. The summed E-state index contributed by atoms with van der Waals surface area (Å²) in [5, 5.41) is 13.2. The van der Waals surface area contributed by atoms with Gasteiger partial charge < -0.3 is 0 Å². The van der Waals surface area contributed by atoms with Crippen molar-refractivity contribution in [3.05, 3.63) is 16.7 Å². The Kier molecular flexibility index (Phi) is 1.11. The molecule has 0 aromatic rings. The summed E-state index contributed by atoms with van der Waals surface area (Å²) in [6, 6.07) is -0.866. The van der Waals surface area contributed by atoms with Crippen LogP contribution in [0.3, 0.4) is 0 Å². The van der Waals surface area contributed by atoms with Crippen molar-refractivity contribution in [2.24, 2.45) is 5.10 Å². The summed E-state index contributed by atoms with van der Waals surface area (Å²) in [4.78, 5) is 9.33. The van der Waals surface area contributed by atoms with Gasteiger partial charge in [-0.25, -0.2) is 0 Å². The molecule has 2 radical (unpaired) electrons. The van der Waals surface area contributed by atoms with Gasteiger partial charge in [-0.2, -0.15) is 5.10 Å². The van der Waals surface area contributed by atoms with E-state index in [0.29, 0.717) is 0 Å². The molecule has 1 rings (SSSR count). The molecule has 42 valence electrons. The van der Waals surface area contributed by atoms with Crippen molar-refractivity contribution in [1.82, 2.24) is 5.43 Å². The first-order valence-electron chi connectivity index (χ1n) is 1.98. The van der Waals surface area contributed by atoms with E-state index in [-0.39, 0.29) is 0 Å². The number of rotatable bonds is 1. The van der Waals surface area contributed by atoms with Gasteiger partial charge >= 0.3 is 0 Å². The molecule has 0 aliphatic carbocycles. The van der Waals surface area contributed by atoms with Crippen molar-refractivity contribution in [2.75, 3.05) is 0 Å². The maximum Gasteiger partial charge on any atom is 0.279 e. The van der Waals surface area contributed by atoms with Gasteiger partial charge in [0.2, 0.25) is 0 Å². The highest BCUT2D eigenvalue weighted by molar-refractivity contribution is 5.66. The summed E-state index contributed by atoms with van der Waals surface area (Å²) in [5.74, 6) is 0. The largest absolute Gasteiger partial charge is 0.291 e. The Bertz CT molecular complexity index is 132. The topological polar surface area (TPSA) is 67.5 Å². The standard InChI is InChI=1S/C3H3N3O2/c7-6(8)3-1-4-5-2-3/h1,3,5H. The molecular formula is C3H3N3O2. The molecule has 1 unspecified atom stereocenters. The lowest BCUT2D eigenvalue weighted by molar-refractivity contribution is -0.492. The van der Waals surface area contributed by atoms with E-state index in [1.54, 1.807) is 0 Å². The van der Waals surface area contributed by atoms with Crippen LogP contribution in [-0.4, -0.2) is 17.2 Å². The number of hydrazone groups is 1. The normalized spacial score (nSPS) is 25.2. The third kappa shape index (κ3) is 0.749. The van der Waals surface area contributed by atoms with Gasteiger partial charge in [-0.05, 0) is 0 Å². The fourth-order valence-electron chi connectivity index (χ4n) is 0.356. The van der Waals surface area contributed by atoms with E-state index in [4.69, 9.17) is 0 Å². The Morgan fingerprint density at radius 3 is 3.00 bits per heavy atom. The average Bonchev–Trinajstić information content (AvgIpc) is 2.12. The van der Waals surface area contributed by atoms with Gasteiger partial charge in [0.25, 0.3) is 6.04 Å². The number of nitro groups is 1. The molecule has 0 saturated heterocycles. The third-order valence-corrected chi connectivity index (χ3v) is 0.720. The molecule has 1 aliphatic rings. The van der Waals surface area contributed by atoms with Crippen molar-refractivity contribution < 1.29 is 4.92 Å². The minimum absolute atomic E-state index is 0.483. The molecule has 0 aromatic heterocycles. The van der Waals surface area contributed by atoms with E-state index < -0.39 is 11.0 Å². The smallest absolute Gasteiger partial charge is 0.279 e. The van der Waals surface area contributed by atoms with Crippen LogP contribution in [0.1, 0.15) is 0 Å². The number of nitrogens with zero attached hydrogens (tertiary/aromatic N) is 2. The predicted octanol–water partition coefficient (Wildman–Crippen LogP) is -0.741. The molecule has 5 nitrogen and oxygen atoms in total. The zero-order valence-corrected chi connectivity index (χ0v) is 3.87.